The summed E-state index contributed by atoms with van der Waals surface area (Å²) < 4.78 is 7.61. The number of hydrogen-bond donors (Lipinski definition) is 0. The second kappa shape index (κ2) is 6.26. The third kappa shape index (κ3) is 2.77. The minimum absolute atomic E-state index is 0.125. The Morgan fingerprint density at radius 3 is 2.88 bits per heavy atom. The molecule has 6 nitrogen and oxygen atoms in total. The lowest BCUT2D eigenvalue weighted by atomic mass is 9.95. The van der Waals surface area contributed by atoms with Crippen LogP contribution in [0.25, 0.3) is 0 Å². The molecular weight excluding hydrogens is 304 g/mol. The average Bonchev–Trinajstić information content (AvgIpc) is 3.07. The molecule has 1 amide bonds. The van der Waals surface area contributed by atoms with E-state index in [1.807, 2.05) is 34.7 Å². The van der Waals surface area contributed by atoms with Crippen LogP contribution in [0.3, 0.4) is 0 Å². The molecule has 2 aliphatic rings. The van der Waals surface area contributed by atoms with Crippen LogP contribution in [0, 0.1) is 0 Å². The maximum absolute atomic E-state index is 12.8. The van der Waals surface area contributed by atoms with Crippen molar-refractivity contribution in [1.29, 1.82) is 0 Å². The standard InChI is InChI=1S/C18H22N4O2/c1-21-12-19-20-17(21)13-6-8-22(9-7-13)18(23)15-4-5-16-14(11-15)3-2-10-24-16/h4-5,11-13H,2-3,6-10H2,1H3. The molecule has 24 heavy (non-hydrogen) atoms. The van der Waals surface area contributed by atoms with E-state index in [4.69, 9.17) is 4.74 Å². The number of fused-ring (bicyclic) bond motifs is 1. The fraction of sp³-hybridized carbons (Fsp3) is 0.500. The maximum Gasteiger partial charge on any atom is 0.253 e. The highest BCUT2D eigenvalue weighted by molar-refractivity contribution is 5.94. The molecule has 0 N–H and O–H groups in total. The van der Waals surface area contributed by atoms with Crippen LogP contribution in [0.4, 0.5) is 0 Å². The second-order valence-electron chi connectivity index (χ2n) is 6.64. The van der Waals surface area contributed by atoms with Gasteiger partial charge in [-0.1, -0.05) is 0 Å². The van der Waals surface area contributed by atoms with Crippen molar-refractivity contribution in [3.63, 3.8) is 0 Å². The molecule has 0 saturated carbocycles. The monoisotopic (exact) mass is 326 g/mol. The number of benzene rings is 1. The van der Waals surface area contributed by atoms with E-state index >= 15 is 0 Å². The van der Waals surface area contributed by atoms with Gasteiger partial charge in [0.2, 0.25) is 0 Å². The molecular formula is C18H22N4O2. The molecule has 2 aromatic rings. The van der Waals surface area contributed by atoms with Crippen LogP contribution < -0.4 is 4.74 Å². The fourth-order valence-electron chi connectivity index (χ4n) is 3.68. The molecule has 0 aliphatic carbocycles. The second-order valence-corrected chi connectivity index (χ2v) is 6.64. The van der Waals surface area contributed by atoms with Crippen molar-refractivity contribution in [3.8, 4) is 5.75 Å². The van der Waals surface area contributed by atoms with Gasteiger partial charge in [0.25, 0.3) is 5.91 Å². The Balaban J connectivity index is 1.44. The molecule has 1 fully saturated rings. The average molecular weight is 326 g/mol. The van der Waals surface area contributed by atoms with E-state index in [2.05, 4.69) is 10.2 Å². The summed E-state index contributed by atoms with van der Waals surface area (Å²) in [5.74, 6) is 2.46. The summed E-state index contributed by atoms with van der Waals surface area (Å²) in [5.41, 5.74) is 1.93. The van der Waals surface area contributed by atoms with Crippen LogP contribution >= 0.6 is 0 Å². The molecule has 2 aliphatic heterocycles. The molecule has 1 aromatic heterocycles. The molecule has 0 radical (unpaired) electrons. The molecule has 1 saturated heterocycles. The Morgan fingerprint density at radius 1 is 1.29 bits per heavy atom. The molecule has 0 atom stereocenters. The van der Waals surface area contributed by atoms with Gasteiger partial charge in [-0.25, -0.2) is 0 Å². The summed E-state index contributed by atoms with van der Waals surface area (Å²) in [4.78, 5) is 14.8. The van der Waals surface area contributed by atoms with E-state index in [0.717, 1.165) is 68.1 Å². The smallest absolute Gasteiger partial charge is 0.253 e. The minimum Gasteiger partial charge on any atom is -0.493 e. The number of aromatic nitrogens is 3. The molecule has 4 rings (SSSR count). The molecule has 0 unspecified atom stereocenters. The quantitative estimate of drug-likeness (QED) is 0.848. The van der Waals surface area contributed by atoms with Crippen LogP contribution in [0.1, 0.15) is 46.9 Å². The molecule has 126 valence electrons. The topological polar surface area (TPSA) is 60.2 Å². The summed E-state index contributed by atoms with van der Waals surface area (Å²) in [6.07, 6.45) is 5.62. The Hall–Kier alpha value is -2.37. The minimum atomic E-state index is 0.125. The van der Waals surface area contributed by atoms with E-state index in [0.29, 0.717) is 5.92 Å². The number of aryl methyl sites for hydroxylation is 2. The van der Waals surface area contributed by atoms with Gasteiger partial charge in [-0.05, 0) is 49.4 Å². The number of ether oxygens (including phenoxy) is 1. The largest absolute Gasteiger partial charge is 0.493 e. The van der Waals surface area contributed by atoms with Gasteiger partial charge in [0.05, 0.1) is 6.61 Å². The van der Waals surface area contributed by atoms with Crippen molar-refractivity contribution in [2.45, 2.75) is 31.6 Å². The number of carbonyl (C=O) groups excluding carboxylic acids is 1. The maximum atomic E-state index is 12.8. The number of amides is 1. The zero-order chi connectivity index (χ0) is 16.5. The number of nitrogens with zero attached hydrogens (tertiary/aromatic N) is 4. The van der Waals surface area contributed by atoms with Gasteiger partial charge in [-0.3, -0.25) is 4.79 Å². The van der Waals surface area contributed by atoms with Gasteiger partial charge in [0.1, 0.15) is 17.9 Å². The normalized spacial score (nSPS) is 18.1. The number of piperidine rings is 1. The van der Waals surface area contributed by atoms with Crippen molar-refractivity contribution < 1.29 is 9.53 Å². The van der Waals surface area contributed by atoms with Crippen molar-refractivity contribution in [3.05, 3.63) is 41.5 Å². The summed E-state index contributed by atoms with van der Waals surface area (Å²) in [7, 11) is 1.97. The lowest BCUT2D eigenvalue weighted by molar-refractivity contribution is 0.0710. The molecule has 0 bridgehead atoms. The van der Waals surface area contributed by atoms with Gasteiger partial charge in [-0.2, -0.15) is 0 Å². The molecule has 3 heterocycles. The van der Waals surface area contributed by atoms with E-state index in [1.165, 1.54) is 0 Å². The van der Waals surface area contributed by atoms with Crippen LogP contribution in [-0.2, 0) is 13.5 Å². The lowest BCUT2D eigenvalue weighted by Gasteiger charge is -2.31. The van der Waals surface area contributed by atoms with E-state index in [1.54, 1.807) is 6.33 Å². The highest BCUT2D eigenvalue weighted by Crippen LogP contribution is 2.29. The van der Waals surface area contributed by atoms with E-state index in [-0.39, 0.29) is 5.91 Å². The zero-order valence-corrected chi connectivity index (χ0v) is 13.9. The first-order valence-corrected chi connectivity index (χ1v) is 8.61. The SMILES string of the molecule is Cn1cnnc1C1CCN(C(=O)c2ccc3c(c2)CCCO3)CC1. The van der Waals surface area contributed by atoms with Crippen LogP contribution in [-0.4, -0.2) is 45.3 Å². The van der Waals surface area contributed by atoms with Gasteiger partial charge in [0.15, 0.2) is 0 Å². The van der Waals surface area contributed by atoms with Crippen molar-refractivity contribution in [2.75, 3.05) is 19.7 Å². The van der Waals surface area contributed by atoms with Gasteiger partial charge in [0, 0.05) is 31.6 Å². The molecule has 6 heteroatoms. The predicted octanol–water partition coefficient (Wildman–Crippen LogP) is 2.16. The van der Waals surface area contributed by atoms with Crippen molar-refractivity contribution >= 4 is 5.91 Å². The van der Waals surface area contributed by atoms with Gasteiger partial charge in [-0.15, -0.1) is 10.2 Å². The Kier molecular flexibility index (Phi) is 3.96. The van der Waals surface area contributed by atoms with E-state index in [9.17, 15) is 4.79 Å². The van der Waals surface area contributed by atoms with Gasteiger partial charge >= 0.3 is 0 Å². The first-order valence-electron chi connectivity index (χ1n) is 8.61. The first-order chi connectivity index (χ1) is 11.7. The number of hydrogen-bond acceptors (Lipinski definition) is 4. The van der Waals surface area contributed by atoms with E-state index < -0.39 is 0 Å². The van der Waals surface area contributed by atoms with Crippen molar-refractivity contribution in [1.82, 2.24) is 19.7 Å². The number of likely N-dealkylation sites (tertiary alicyclic amines) is 1. The fourth-order valence-corrected chi connectivity index (χ4v) is 3.68. The van der Waals surface area contributed by atoms with Gasteiger partial charge < -0.3 is 14.2 Å². The highest BCUT2D eigenvalue weighted by atomic mass is 16.5. The number of rotatable bonds is 2. The third-order valence-corrected chi connectivity index (χ3v) is 5.05. The predicted molar refractivity (Wildman–Crippen MR) is 89.1 cm³/mol. The first kappa shape index (κ1) is 15.2. The van der Waals surface area contributed by atoms with Crippen LogP contribution in [0.5, 0.6) is 5.75 Å². The highest BCUT2D eigenvalue weighted by Gasteiger charge is 2.27. The summed E-state index contributed by atoms with van der Waals surface area (Å²) in [6, 6.07) is 5.83. The Labute approximate surface area is 141 Å². The van der Waals surface area contributed by atoms with Crippen molar-refractivity contribution in [2.24, 2.45) is 7.05 Å². The lowest BCUT2D eigenvalue weighted by Crippen LogP contribution is -2.38. The Bertz CT molecular complexity index is 747. The van der Waals surface area contributed by atoms with Crippen LogP contribution in [0.15, 0.2) is 24.5 Å². The number of carbonyl (C=O) groups is 1. The summed E-state index contributed by atoms with van der Waals surface area (Å²) >= 11 is 0. The molecule has 1 aromatic carbocycles. The Morgan fingerprint density at radius 2 is 2.12 bits per heavy atom. The zero-order valence-electron chi connectivity index (χ0n) is 13.9. The van der Waals surface area contributed by atoms with Crippen LogP contribution in [0.2, 0.25) is 0 Å². The summed E-state index contributed by atoms with van der Waals surface area (Å²) in [5, 5.41) is 8.17. The molecule has 0 spiro atoms. The summed E-state index contributed by atoms with van der Waals surface area (Å²) in [6.45, 7) is 2.31. The third-order valence-electron chi connectivity index (χ3n) is 5.05.